The third-order valence-corrected chi connectivity index (χ3v) is 5.08. The summed E-state index contributed by atoms with van der Waals surface area (Å²) in [4.78, 5) is 21.5. The summed E-state index contributed by atoms with van der Waals surface area (Å²) in [5.41, 5.74) is 0.544. The highest BCUT2D eigenvalue weighted by molar-refractivity contribution is 5.82. The second-order valence-electron chi connectivity index (χ2n) is 7.33. The highest BCUT2D eigenvalue weighted by atomic mass is 19.4. The third kappa shape index (κ3) is 4.59. The largest absolute Gasteiger partial charge is 0.418 e. The van der Waals surface area contributed by atoms with E-state index in [0.29, 0.717) is 0 Å². The van der Waals surface area contributed by atoms with Gasteiger partial charge in [0.05, 0.1) is 17.5 Å². The third-order valence-electron chi connectivity index (χ3n) is 5.08. The molecule has 2 heterocycles. The van der Waals surface area contributed by atoms with Crippen molar-refractivity contribution >= 4 is 16.9 Å². The molecule has 1 aliphatic rings. The molecule has 1 aliphatic heterocycles. The number of carbonyl (C=O) groups excluding carboxylic acids is 1. The van der Waals surface area contributed by atoms with Crippen LogP contribution in [0.15, 0.2) is 48.5 Å². The average molecular weight is 402 g/mol. The lowest BCUT2D eigenvalue weighted by molar-refractivity contribution is -0.136. The van der Waals surface area contributed by atoms with E-state index in [1.54, 1.807) is 0 Å². The molecule has 0 radical (unpaired) electrons. The lowest BCUT2D eigenvalue weighted by Crippen LogP contribution is -2.38. The first kappa shape index (κ1) is 19.4. The molecule has 152 valence electrons. The summed E-state index contributed by atoms with van der Waals surface area (Å²) < 4.78 is 39.3. The molecule has 1 saturated heterocycles. The summed E-state index contributed by atoms with van der Waals surface area (Å²) in [6, 6.07) is 14.0. The highest BCUT2D eigenvalue weighted by Gasteiger charge is 2.33. The van der Waals surface area contributed by atoms with Gasteiger partial charge in [0, 0.05) is 25.7 Å². The number of alkyl halides is 3. The number of nitrogens with one attached hydrogen (secondary N) is 2. The molecule has 1 atom stereocenters. The summed E-state index contributed by atoms with van der Waals surface area (Å²) in [5, 5.41) is 2.97. The lowest BCUT2D eigenvalue weighted by Gasteiger charge is -2.16. The first-order valence-electron chi connectivity index (χ1n) is 9.49. The Morgan fingerprint density at radius 3 is 2.72 bits per heavy atom. The zero-order valence-corrected chi connectivity index (χ0v) is 15.7. The van der Waals surface area contributed by atoms with Gasteiger partial charge in [0.2, 0.25) is 5.91 Å². The Morgan fingerprint density at radius 2 is 1.97 bits per heavy atom. The van der Waals surface area contributed by atoms with Crippen LogP contribution in [-0.2, 0) is 23.9 Å². The minimum atomic E-state index is -4.49. The van der Waals surface area contributed by atoms with Crippen LogP contribution in [0.4, 0.5) is 13.2 Å². The topological polar surface area (TPSA) is 61.0 Å². The smallest absolute Gasteiger partial charge is 0.352 e. The number of carbonyl (C=O) groups is 1. The standard InChI is InChI=1S/C21H21F3N4O/c22-21(23,24)16-7-4-8-17-20(16)27-18(26-17)11-19(29)25-15-9-10-28(13-15)12-14-5-2-1-3-6-14/h1-8,15H,9-13H2,(H,25,29)(H,26,27). The van der Waals surface area contributed by atoms with Gasteiger partial charge in [-0.25, -0.2) is 4.98 Å². The van der Waals surface area contributed by atoms with Crippen LogP contribution in [-0.4, -0.2) is 39.9 Å². The van der Waals surface area contributed by atoms with Crippen LogP contribution < -0.4 is 5.32 Å². The Hall–Kier alpha value is -2.87. The van der Waals surface area contributed by atoms with Crippen molar-refractivity contribution in [1.82, 2.24) is 20.2 Å². The SMILES string of the molecule is O=C(Cc1nc2c(C(F)(F)F)cccc2[nH]1)NC1CCN(Cc2ccccc2)C1. The summed E-state index contributed by atoms with van der Waals surface area (Å²) >= 11 is 0. The Bertz CT molecular complexity index is 1000. The van der Waals surface area contributed by atoms with Crippen molar-refractivity contribution in [1.29, 1.82) is 0 Å². The number of amides is 1. The van der Waals surface area contributed by atoms with E-state index in [9.17, 15) is 18.0 Å². The van der Waals surface area contributed by atoms with Crippen LogP contribution >= 0.6 is 0 Å². The number of rotatable bonds is 5. The van der Waals surface area contributed by atoms with E-state index in [4.69, 9.17) is 0 Å². The second-order valence-corrected chi connectivity index (χ2v) is 7.33. The monoisotopic (exact) mass is 402 g/mol. The fourth-order valence-electron chi connectivity index (χ4n) is 3.76. The van der Waals surface area contributed by atoms with Crippen molar-refractivity contribution in [3.8, 4) is 0 Å². The van der Waals surface area contributed by atoms with Gasteiger partial charge in [-0.2, -0.15) is 13.2 Å². The number of likely N-dealkylation sites (tertiary alicyclic amines) is 1. The molecule has 3 aromatic rings. The molecule has 0 bridgehead atoms. The first-order chi connectivity index (χ1) is 13.9. The maximum Gasteiger partial charge on any atom is 0.418 e. The van der Waals surface area contributed by atoms with Gasteiger partial charge in [-0.1, -0.05) is 36.4 Å². The van der Waals surface area contributed by atoms with Crippen LogP contribution in [0.25, 0.3) is 11.0 Å². The van der Waals surface area contributed by atoms with Gasteiger partial charge >= 0.3 is 6.18 Å². The first-order valence-corrected chi connectivity index (χ1v) is 9.49. The van der Waals surface area contributed by atoms with Crippen molar-refractivity contribution in [2.75, 3.05) is 13.1 Å². The number of fused-ring (bicyclic) bond motifs is 1. The maximum atomic E-state index is 13.1. The van der Waals surface area contributed by atoms with E-state index in [1.165, 1.54) is 17.7 Å². The number of imidazole rings is 1. The molecule has 5 nitrogen and oxygen atoms in total. The van der Waals surface area contributed by atoms with E-state index < -0.39 is 11.7 Å². The number of benzene rings is 2. The summed E-state index contributed by atoms with van der Waals surface area (Å²) in [5.74, 6) is -0.0162. The Kier molecular flexibility index (Phi) is 5.27. The molecule has 29 heavy (non-hydrogen) atoms. The van der Waals surface area contributed by atoms with Gasteiger partial charge in [0.1, 0.15) is 11.3 Å². The number of aromatic amines is 1. The van der Waals surface area contributed by atoms with E-state index in [0.717, 1.165) is 32.1 Å². The van der Waals surface area contributed by atoms with Gasteiger partial charge in [-0.05, 0) is 24.1 Å². The summed E-state index contributed by atoms with van der Waals surface area (Å²) in [7, 11) is 0. The molecular formula is C21H21F3N4O. The number of para-hydroxylation sites is 1. The Morgan fingerprint density at radius 1 is 1.17 bits per heavy atom. The predicted octanol–water partition coefficient (Wildman–Crippen LogP) is 3.51. The number of H-pyrrole nitrogens is 1. The van der Waals surface area contributed by atoms with Gasteiger partial charge in [-0.15, -0.1) is 0 Å². The zero-order chi connectivity index (χ0) is 20.4. The molecule has 1 unspecified atom stereocenters. The Balaban J connectivity index is 1.35. The van der Waals surface area contributed by atoms with Gasteiger partial charge in [0.25, 0.3) is 0 Å². The van der Waals surface area contributed by atoms with Crippen molar-refractivity contribution in [3.63, 3.8) is 0 Å². The Labute approximate surface area is 165 Å². The average Bonchev–Trinajstić information content (AvgIpc) is 3.27. The van der Waals surface area contributed by atoms with E-state index in [1.807, 2.05) is 18.2 Å². The zero-order valence-electron chi connectivity index (χ0n) is 15.7. The molecule has 1 fully saturated rings. The van der Waals surface area contributed by atoms with Crippen molar-refractivity contribution < 1.29 is 18.0 Å². The molecule has 8 heteroatoms. The molecule has 0 aliphatic carbocycles. The molecule has 0 saturated carbocycles. The number of hydrogen-bond donors (Lipinski definition) is 2. The molecule has 4 rings (SSSR count). The van der Waals surface area contributed by atoms with Gasteiger partial charge < -0.3 is 10.3 Å². The lowest BCUT2D eigenvalue weighted by atomic mass is 10.2. The minimum absolute atomic E-state index is 0.0290. The normalized spacial score (nSPS) is 17.7. The fraction of sp³-hybridized carbons (Fsp3) is 0.333. The van der Waals surface area contributed by atoms with Gasteiger partial charge in [-0.3, -0.25) is 9.69 Å². The second kappa shape index (κ2) is 7.87. The van der Waals surface area contributed by atoms with Crippen molar-refractivity contribution in [3.05, 3.63) is 65.5 Å². The highest BCUT2D eigenvalue weighted by Crippen LogP contribution is 2.33. The van der Waals surface area contributed by atoms with Gasteiger partial charge in [0.15, 0.2) is 0 Å². The summed E-state index contributed by atoms with van der Waals surface area (Å²) in [6.45, 7) is 2.47. The fourth-order valence-corrected chi connectivity index (χ4v) is 3.76. The number of nitrogens with zero attached hydrogens (tertiary/aromatic N) is 2. The number of aromatic nitrogens is 2. The van der Waals surface area contributed by atoms with E-state index >= 15 is 0 Å². The van der Waals surface area contributed by atoms with Crippen LogP contribution in [0.1, 0.15) is 23.4 Å². The molecule has 2 N–H and O–H groups in total. The molecule has 1 aromatic heterocycles. The molecular weight excluding hydrogens is 381 g/mol. The van der Waals surface area contributed by atoms with E-state index in [2.05, 4.69) is 32.3 Å². The van der Waals surface area contributed by atoms with Crippen LogP contribution in [0.2, 0.25) is 0 Å². The minimum Gasteiger partial charge on any atom is -0.352 e. The quantitative estimate of drug-likeness (QED) is 0.687. The molecule has 0 spiro atoms. The predicted molar refractivity (Wildman–Crippen MR) is 103 cm³/mol. The summed E-state index contributed by atoms with van der Waals surface area (Å²) in [6.07, 6.45) is -3.72. The number of hydrogen-bond acceptors (Lipinski definition) is 3. The van der Waals surface area contributed by atoms with Crippen LogP contribution in [0, 0.1) is 0 Å². The number of halogens is 3. The van der Waals surface area contributed by atoms with Crippen molar-refractivity contribution in [2.24, 2.45) is 0 Å². The molecule has 2 aromatic carbocycles. The van der Waals surface area contributed by atoms with Crippen molar-refractivity contribution in [2.45, 2.75) is 31.6 Å². The maximum absolute atomic E-state index is 13.1. The van der Waals surface area contributed by atoms with Crippen LogP contribution in [0.5, 0.6) is 0 Å². The molecule has 1 amide bonds. The van der Waals surface area contributed by atoms with E-state index in [-0.39, 0.29) is 35.2 Å². The van der Waals surface area contributed by atoms with Crippen LogP contribution in [0.3, 0.4) is 0 Å².